The molecule has 0 aromatic carbocycles. The number of alkyl halides is 3. The smallest absolute Gasteiger partial charge is 0.168 e. The van der Waals surface area contributed by atoms with E-state index in [-0.39, 0.29) is 33.5 Å². The third kappa shape index (κ3) is 1.71. The van der Waals surface area contributed by atoms with Crippen LogP contribution in [0.5, 0.6) is 0 Å². The van der Waals surface area contributed by atoms with Crippen LogP contribution in [0.3, 0.4) is 0 Å². The fraction of sp³-hybridized carbons (Fsp3) is 0.933. The van der Waals surface area contributed by atoms with Crippen molar-refractivity contribution in [2.75, 3.05) is 0 Å². The SMILES string of the molecule is C[C@@H]1C(=O)[C@@H](O)[C@]2(Br)O[C@H]3C[C@](C)(Cl)[C@@H](Br)C[C@@]31C2(C)C. The van der Waals surface area contributed by atoms with Crippen LogP contribution in [0.15, 0.2) is 0 Å². The first-order valence-corrected chi connectivity index (χ1v) is 9.42. The fourth-order valence-electron chi connectivity index (χ4n) is 4.87. The third-order valence-electron chi connectivity index (χ3n) is 6.48. The minimum absolute atomic E-state index is 0.103. The maximum atomic E-state index is 12.6. The summed E-state index contributed by atoms with van der Waals surface area (Å²) in [6.07, 6.45) is 0.136. The molecule has 6 heteroatoms. The van der Waals surface area contributed by atoms with Crippen molar-refractivity contribution in [2.45, 2.75) is 67.0 Å². The Hall–Kier alpha value is 0.840. The Balaban J connectivity index is 2.19. The molecule has 3 rings (SSSR count). The Kier molecular flexibility index (Phi) is 3.55. The van der Waals surface area contributed by atoms with E-state index in [0.717, 1.165) is 6.42 Å². The van der Waals surface area contributed by atoms with E-state index < -0.39 is 15.5 Å². The molecule has 3 aliphatic rings. The zero-order valence-electron chi connectivity index (χ0n) is 12.6. The molecule has 0 aromatic heterocycles. The number of carbonyl (C=O) groups excluding carboxylic acids is 1. The summed E-state index contributed by atoms with van der Waals surface area (Å²) in [6, 6.07) is 0. The normalized spacial score (nSPS) is 59.0. The first-order valence-electron chi connectivity index (χ1n) is 7.33. The predicted octanol–water partition coefficient (Wildman–Crippen LogP) is 3.62. The largest absolute Gasteiger partial charge is 0.381 e. The molecule has 2 aliphatic carbocycles. The number of fused-ring (bicyclic) bond motifs is 1. The van der Waals surface area contributed by atoms with Crippen molar-refractivity contribution in [1.82, 2.24) is 0 Å². The van der Waals surface area contributed by atoms with Gasteiger partial charge in [-0.2, -0.15) is 0 Å². The molecule has 1 saturated heterocycles. The average Bonchev–Trinajstić information content (AvgIpc) is 2.50. The highest BCUT2D eigenvalue weighted by Gasteiger charge is 2.79. The monoisotopic (exact) mass is 442 g/mol. The number of ketones is 1. The van der Waals surface area contributed by atoms with E-state index in [1.807, 2.05) is 13.8 Å². The summed E-state index contributed by atoms with van der Waals surface area (Å²) in [6.45, 7) is 8.11. The number of Topliss-reactive ketones (excluding diaryl/α,β-unsaturated/α-hetero) is 1. The lowest BCUT2D eigenvalue weighted by Crippen LogP contribution is -2.66. The minimum Gasteiger partial charge on any atom is -0.381 e. The van der Waals surface area contributed by atoms with Crippen LogP contribution in [0.4, 0.5) is 0 Å². The Bertz CT molecular complexity index is 509. The Labute approximate surface area is 147 Å². The van der Waals surface area contributed by atoms with Gasteiger partial charge < -0.3 is 9.84 Å². The Morgan fingerprint density at radius 3 is 2.48 bits per heavy atom. The molecule has 2 bridgehead atoms. The van der Waals surface area contributed by atoms with Crippen LogP contribution in [0.2, 0.25) is 0 Å². The van der Waals surface area contributed by atoms with Crippen LogP contribution in [-0.4, -0.2) is 37.3 Å². The second-order valence-corrected chi connectivity index (χ2v) is 10.7. The van der Waals surface area contributed by atoms with Crippen LogP contribution in [0.1, 0.15) is 40.5 Å². The maximum absolute atomic E-state index is 12.6. The lowest BCUT2D eigenvalue weighted by Gasteiger charge is -2.58. The Morgan fingerprint density at radius 1 is 1.33 bits per heavy atom. The van der Waals surface area contributed by atoms with Crippen LogP contribution < -0.4 is 0 Å². The van der Waals surface area contributed by atoms with Gasteiger partial charge in [-0.1, -0.05) is 52.6 Å². The maximum Gasteiger partial charge on any atom is 0.168 e. The minimum atomic E-state index is -1.14. The summed E-state index contributed by atoms with van der Waals surface area (Å²) < 4.78 is 5.23. The summed E-state index contributed by atoms with van der Waals surface area (Å²) >= 11 is 13.9. The lowest BCUT2D eigenvalue weighted by molar-refractivity contribution is -0.159. The van der Waals surface area contributed by atoms with Gasteiger partial charge in [-0.15, -0.1) is 11.6 Å². The number of hydrogen-bond donors (Lipinski definition) is 1. The molecule has 3 nitrogen and oxygen atoms in total. The average molecular weight is 445 g/mol. The van der Waals surface area contributed by atoms with E-state index in [1.165, 1.54) is 0 Å². The molecule has 21 heavy (non-hydrogen) atoms. The molecule has 0 aromatic rings. The number of aliphatic hydroxyl groups is 1. The summed E-state index contributed by atoms with van der Waals surface area (Å²) in [4.78, 5) is 12.3. The highest BCUT2D eigenvalue weighted by molar-refractivity contribution is 9.10. The number of aliphatic hydroxyl groups excluding tert-OH is 1. The summed E-state index contributed by atoms with van der Waals surface area (Å²) in [7, 11) is 0. The molecule has 0 unspecified atom stereocenters. The molecule has 1 aliphatic heterocycles. The van der Waals surface area contributed by atoms with Gasteiger partial charge in [-0.3, -0.25) is 4.79 Å². The first kappa shape index (κ1) is 16.7. The van der Waals surface area contributed by atoms with E-state index in [0.29, 0.717) is 6.42 Å². The van der Waals surface area contributed by atoms with E-state index >= 15 is 0 Å². The molecule has 7 atom stereocenters. The van der Waals surface area contributed by atoms with E-state index in [1.54, 1.807) is 0 Å². The lowest BCUT2D eigenvalue weighted by atomic mass is 9.47. The first-order chi connectivity index (χ1) is 9.42. The summed E-state index contributed by atoms with van der Waals surface area (Å²) in [5.41, 5.74) is -0.702. The highest BCUT2D eigenvalue weighted by Crippen LogP contribution is 2.73. The van der Waals surface area contributed by atoms with Gasteiger partial charge in [0.15, 0.2) is 16.4 Å². The zero-order valence-corrected chi connectivity index (χ0v) is 16.5. The van der Waals surface area contributed by atoms with Crippen molar-refractivity contribution < 1.29 is 14.6 Å². The molecule has 120 valence electrons. The van der Waals surface area contributed by atoms with Gasteiger partial charge in [-0.25, -0.2) is 0 Å². The van der Waals surface area contributed by atoms with Crippen LogP contribution in [0, 0.1) is 16.7 Å². The van der Waals surface area contributed by atoms with Crippen LogP contribution in [0.25, 0.3) is 0 Å². The van der Waals surface area contributed by atoms with Crippen molar-refractivity contribution in [2.24, 2.45) is 16.7 Å². The molecule has 1 N–H and O–H groups in total. The number of hydrogen-bond acceptors (Lipinski definition) is 3. The number of rotatable bonds is 0. The summed E-state index contributed by atoms with van der Waals surface area (Å²) in [5.74, 6) is -0.389. The molecule has 3 fully saturated rings. The van der Waals surface area contributed by atoms with Gasteiger partial charge in [0.2, 0.25) is 0 Å². The molecule has 0 radical (unpaired) electrons. The van der Waals surface area contributed by atoms with Crippen molar-refractivity contribution in [3.05, 3.63) is 0 Å². The molecular formula is C15H21Br2ClO3. The fourth-order valence-corrected chi connectivity index (χ4v) is 6.63. The van der Waals surface area contributed by atoms with Gasteiger partial charge in [0, 0.05) is 21.6 Å². The van der Waals surface area contributed by atoms with Crippen molar-refractivity contribution in [1.29, 1.82) is 0 Å². The van der Waals surface area contributed by atoms with Crippen LogP contribution >= 0.6 is 43.5 Å². The second kappa shape index (κ2) is 4.47. The van der Waals surface area contributed by atoms with Crippen molar-refractivity contribution >= 4 is 49.2 Å². The number of ether oxygens (including phenoxy) is 1. The van der Waals surface area contributed by atoms with Crippen molar-refractivity contribution in [3.8, 4) is 0 Å². The van der Waals surface area contributed by atoms with E-state index in [4.69, 9.17) is 16.3 Å². The molecule has 1 spiro atoms. The van der Waals surface area contributed by atoms with Gasteiger partial charge in [0.05, 0.1) is 11.0 Å². The quantitative estimate of drug-likeness (QED) is 0.581. The third-order valence-corrected chi connectivity index (χ3v) is 10.1. The molecule has 2 saturated carbocycles. The predicted molar refractivity (Wildman–Crippen MR) is 89.1 cm³/mol. The second-order valence-electron chi connectivity index (χ2n) is 7.60. The van der Waals surface area contributed by atoms with E-state index in [9.17, 15) is 9.90 Å². The van der Waals surface area contributed by atoms with Gasteiger partial charge in [0.25, 0.3) is 0 Å². The standard InChI is InChI=1S/C15H21Br2ClO3/c1-7-10(19)11(20)15(17)12(2,3)14(7)5-8(16)13(4,18)6-9(14)21-15/h7-9,11,20H,5-6H2,1-4H3/t7-,8+,9+,11-,13+,14+,15+/m1/s1. The number of halogens is 3. The Morgan fingerprint density at radius 2 is 1.90 bits per heavy atom. The zero-order chi connectivity index (χ0) is 16.0. The van der Waals surface area contributed by atoms with Gasteiger partial charge >= 0.3 is 0 Å². The van der Waals surface area contributed by atoms with Gasteiger partial charge in [0.1, 0.15) is 0 Å². The van der Waals surface area contributed by atoms with Crippen LogP contribution in [-0.2, 0) is 9.53 Å². The number of carbonyl (C=O) groups is 1. The highest BCUT2D eigenvalue weighted by atomic mass is 79.9. The summed E-state index contributed by atoms with van der Waals surface area (Å²) in [5, 5.41) is 10.5. The molecular weight excluding hydrogens is 423 g/mol. The van der Waals surface area contributed by atoms with Gasteiger partial charge in [-0.05, 0) is 19.8 Å². The molecule has 0 amide bonds. The van der Waals surface area contributed by atoms with E-state index in [2.05, 4.69) is 45.7 Å². The topological polar surface area (TPSA) is 46.5 Å². The molecule has 1 heterocycles. The van der Waals surface area contributed by atoms with Crippen molar-refractivity contribution in [3.63, 3.8) is 0 Å².